The second kappa shape index (κ2) is 12.3. The van der Waals surface area contributed by atoms with E-state index in [4.69, 9.17) is 10.5 Å². The van der Waals surface area contributed by atoms with Crippen molar-refractivity contribution in [1.29, 1.82) is 0 Å². The predicted molar refractivity (Wildman–Crippen MR) is 142 cm³/mol. The van der Waals surface area contributed by atoms with Crippen LogP contribution in [0, 0.1) is 0 Å². The smallest absolute Gasteiger partial charge is 0.413 e. The van der Waals surface area contributed by atoms with Crippen molar-refractivity contribution in [3.8, 4) is 22.5 Å². The van der Waals surface area contributed by atoms with Crippen molar-refractivity contribution in [3.63, 3.8) is 0 Å². The molecule has 0 atom stereocenters. The first kappa shape index (κ1) is 26.1. The third-order valence-corrected chi connectivity index (χ3v) is 6.09. The summed E-state index contributed by atoms with van der Waals surface area (Å²) < 4.78 is 4.86. The Labute approximate surface area is 216 Å². The summed E-state index contributed by atoms with van der Waals surface area (Å²) in [7, 11) is 0. The maximum atomic E-state index is 11.7. The molecule has 11 heteroatoms. The number of piperazine rings is 1. The van der Waals surface area contributed by atoms with Gasteiger partial charge in [0.1, 0.15) is 5.82 Å². The van der Waals surface area contributed by atoms with E-state index in [1.807, 2.05) is 24.5 Å². The molecule has 194 valence electrons. The molecule has 0 radical (unpaired) electrons. The van der Waals surface area contributed by atoms with E-state index in [-0.39, 0.29) is 12.6 Å². The molecule has 3 heterocycles. The number of amides is 1. The highest BCUT2D eigenvalue weighted by atomic mass is 16.5. The zero-order valence-corrected chi connectivity index (χ0v) is 21.5. The van der Waals surface area contributed by atoms with Crippen LogP contribution in [0.15, 0.2) is 54.0 Å². The number of hydrogen-bond donors (Lipinski definition) is 2. The van der Waals surface area contributed by atoms with Crippen LogP contribution in [-0.4, -0.2) is 80.6 Å². The minimum Gasteiger partial charge on any atom is -0.450 e. The molecule has 0 bridgehead atoms. The lowest BCUT2D eigenvalue weighted by Gasteiger charge is -2.36. The second-order valence-corrected chi connectivity index (χ2v) is 8.94. The van der Waals surface area contributed by atoms with Crippen LogP contribution in [0.25, 0.3) is 22.5 Å². The summed E-state index contributed by atoms with van der Waals surface area (Å²) in [6, 6.07) is 7.92. The van der Waals surface area contributed by atoms with E-state index in [9.17, 15) is 4.79 Å². The van der Waals surface area contributed by atoms with Gasteiger partial charge in [0, 0.05) is 68.1 Å². The molecule has 1 aliphatic rings. The van der Waals surface area contributed by atoms with Gasteiger partial charge in [-0.3, -0.25) is 15.1 Å². The average molecular weight is 504 g/mol. The highest BCUT2D eigenvalue weighted by Crippen LogP contribution is 2.32. The lowest BCUT2D eigenvalue weighted by molar-refractivity contribution is 0.102. The summed E-state index contributed by atoms with van der Waals surface area (Å²) in [5.74, 6) is 1.18. The third-order valence-electron chi connectivity index (χ3n) is 6.09. The van der Waals surface area contributed by atoms with E-state index < -0.39 is 6.09 Å². The van der Waals surface area contributed by atoms with Gasteiger partial charge < -0.3 is 10.5 Å². The Kier molecular flexibility index (Phi) is 8.70. The molecule has 3 aromatic rings. The lowest BCUT2D eigenvalue weighted by Crippen LogP contribution is -2.48. The zero-order chi connectivity index (χ0) is 26.2. The van der Waals surface area contributed by atoms with Crippen LogP contribution in [0.5, 0.6) is 0 Å². The molecule has 0 unspecified atom stereocenters. The van der Waals surface area contributed by atoms with Gasteiger partial charge >= 0.3 is 6.09 Å². The molecule has 0 aliphatic carbocycles. The summed E-state index contributed by atoms with van der Waals surface area (Å²) in [5, 5.41) is 2.40. The molecule has 1 amide bonds. The fourth-order valence-electron chi connectivity index (χ4n) is 4.08. The molecule has 1 aliphatic heterocycles. The summed E-state index contributed by atoms with van der Waals surface area (Å²) in [5.41, 5.74) is 8.82. The largest absolute Gasteiger partial charge is 0.450 e. The first-order valence-corrected chi connectivity index (χ1v) is 12.4. The average Bonchev–Trinajstić information content (AvgIpc) is 2.90. The van der Waals surface area contributed by atoms with Gasteiger partial charge in [-0.1, -0.05) is 6.07 Å². The maximum absolute atomic E-state index is 11.7. The van der Waals surface area contributed by atoms with Gasteiger partial charge in [0.2, 0.25) is 5.96 Å². The predicted octanol–water partition coefficient (Wildman–Crippen LogP) is 2.82. The van der Waals surface area contributed by atoms with E-state index >= 15 is 0 Å². The van der Waals surface area contributed by atoms with Gasteiger partial charge in [0.15, 0.2) is 5.82 Å². The van der Waals surface area contributed by atoms with Crippen molar-refractivity contribution < 1.29 is 9.53 Å². The van der Waals surface area contributed by atoms with Gasteiger partial charge in [-0.25, -0.2) is 29.7 Å². The molecular formula is C26H33N9O2. The Balaban J connectivity index is 1.53. The summed E-state index contributed by atoms with van der Waals surface area (Å²) >= 11 is 0. The molecule has 1 aromatic carbocycles. The van der Waals surface area contributed by atoms with Crippen molar-refractivity contribution in [1.82, 2.24) is 35.1 Å². The van der Waals surface area contributed by atoms with E-state index in [1.165, 1.54) is 0 Å². The number of nitrogens with two attached hydrogens (primary N) is 1. The number of benzene rings is 1. The SMILES string of the molecule is CCOC(=O)NC(N)=Nc1ccc(-c2cnc(CN3CCN(C(C)C)CC3)nc2)cc1-c1ncccn1. The molecule has 11 nitrogen and oxygen atoms in total. The summed E-state index contributed by atoms with van der Waals surface area (Å²) in [4.78, 5) is 38.9. The molecule has 2 aromatic heterocycles. The number of guanidine groups is 1. The van der Waals surface area contributed by atoms with E-state index in [1.54, 1.807) is 31.5 Å². The number of alkyl carbamates (subject to hydrolysis) is 1. The van der Waals surface area contributed by atoms with Crippen LogP contribution in [0.2, 0.25) is 0 Å². The van der Waals surface area contributed by atoms with Gasteiger partial charge in [-0.15, -0.1) is 0 Å². The minimum atomic E-state index is -0.670. The van der Waals surface area contributed by atoms with Gasteiger partial charge in [-0.2, -0.15) is 0 Å². The number of carbonyl (C=O) groups excluding carboxylic acids is 1. The van der Waals surface area contributed by atoms with Crippen molar-refractivity contribution >= 4 is 17.7 Å². The fourth-order valence-corrected chi connectivity index (χ4v) is 4.08. The van der Waals surface area contributed by atoms with E-state index in [0.717, 1.165) is 49.7 Å². The quantitative estimate of drug-likeness (QED) is 0.368. The van der Waals surface area contributed by atoms with Crippen molar-refractivity contribution in [2.24, 2.45) is 10.7 Å². The second-order valence-electron chi connectivity index (χ2n) is 8.94. The molecule has 3 N–H and O–H groups in total. The van der Waals surface area contributed by atoms with Gasteiger partial charge in [-0.05, 0) is 44.5 Å². The van der Waals surface area contributed by atoms with Crippen LogP contribution in [-0.2, 0) is 11.3 Å². The first-order valence-electron chi connectivity index (χ1n) is 12.4. The molecule has 37 heavy (non-hydrogen) atoms. The first-order chi connectivity index (χ1) is 17.9. The highest BCUT2D eigenvalue weighted by Gasteiger charge is 2.19. The van der Waals surface area contributed by atoms with E-state index in [0.29, 0.717) is 23.1 Å². The number of rotatable bonds is 7. The Bertz CT molecular complexity index is 1210. The molecule has 4 rings (SSSR count). The zero-order valence-electron chi connectivity index (χ0n) is 21.5. The molecule has 1 saturated heterocycles. The topological polar surface area (TPSA) is 135 Å². The Morgan fingerprint density at radius 3 is 2.43 bits per heavy atom. The number of hydrogen-bond acceptors (Lipinski definition) is 9. The number of ether oxygens (including phenoxy) is 1. The standard InChI is InChI=1S/C26H33N9O2/c1-4-37-26(36)33-25(27)32-22-7-6-19(14-21(22)24-28-8-5-9-29-24)20-15-30-23(31-16-20)17-34-10-12-35(13-11-34)18(2)3/h5-9,14-16,18H,4,10-13,17H2,1-3H3,(H3,27,32,33,36). The molecule has 0 saturated carbocycles. The van der Waals surface area contributed by atoms with Gasteiger partial charge in [0.05, 0.1) is 18.8 Å². The Hall–Kier alpha value is -3.96. The van der Waals surface area contributed by atoms with Crippen LogP contribution < -0.4 is 11.1 Å². The number of nitrogens with one attached hydrogen (secondary N) is 1. The van der Waals surface area contributed by atoms with Crippen LogP contribution in [0.4, 0.5) is 10.5 Å². The number of aliphatic imine (C=N–C) groups is 1. The van der Waals surface area contributed by atoms with Crippen molar-refractivity contribution in [2.75, 3.05) is 32.8 Å². The number of aromatic nitrogens is 4. The fraction of sp³-hybridized carbons (Fsp3) is 0.385. The number of carbonyl (C=O) groups is 1. The Morgan fingerprint density at radius 1 is 1.08 bits per heavy atom. The van der Waals surface area contributed by atoms with Crippen molar-refractivity contribution in [2.45, 2.75) is 33.4 Å². The van der Waals surface area contributed by atoms with Crippen molar-refractivity contribution in [3.05, 3.63) is 54.9 Å². The molecular weight excluding hydrogens is 470 g/mol. The van der Waals surface area contributed by atoms with Crippen LogP contribution in [0.3, 0.4) is 0 Å². The molecule has 1 fully saturated rings. The summed E-state index contributed by atoms with van der Waals surface area (Å²) in [6.07, 6.45) is 6.30. The third kappa shape index (κ3) is 7.05. The van der Waals surface area contributed by atoms with E-state index in [2.05, 4.69) is 53.9 Å². The Morgan fingerprint density at radius 2 is 1.78 bits per heavy atom. The lowest BCUT2D eigenvalue weighted by atomic mass is 10.0. The molecule has 0 spiro atoms. The monoisotopic (exact) mass is 503 g/mol. The summed E-state index contributed by atoms with van der Waals surface area (Å²) in [6.45, 7) is 11.3. The van der Waals surface area contributed by atoms with Crippen LogP contribution >= 0.6 is 0 Å². The maximum Gasteiger partial charge on any atom is 0.413 e. The highest BCUT2D eigenvalue weighted by molar-refractivity contribution is 5.95. The minimum absolute atomic E-state index is 0.0923. The number of nitrogens with zero attached hydrogens (tertiary/aromatic N) is 7. The van der Waals surface area contributed by atoms with Crippen LogP contribution in [0.1, 0.15) is 26.6 Å². The normalized spacial score (nSPS) is 15.1. The van der Waals surface area contributed by atoms with Gasteiger partial charge in [0.25, 0.3) is 0 Å².